The van der Waals surface area contributed by atoms with Crippen molar-refractivity contribution in [3.8, 4) is 11.5 Å². The number of halogens is 1. The molecule has 0 saturated heterocycles. The molecule has 0 unspecified atom stereocenters. The number of nitrogens with one attached hydrogen (secondary N) is 1. The highest BCUT2D eigenvalue weighted by Crippen LogP contribution is 2.37. The van der Waals surface area contributed by atoms with Crippen molar-refractivity contribution in [3.63, 3.8) is 0 Å². The Bertz CT molecular complexity index is 698. The van der Waals surface area contributed by atoms with Crippen LogP contribution in [0.1, 0.15) is 36.5 Å². The van der Waals surface area contributed by atoms with Crippen LogP contribution in [0.15, 0.2) is 40.9 Å². The Kier molecular flexibility index (Phi) is 5.80. The smallest absolute Gasteiger partial charge is 0.175 e. The van der Waals surface area contributed by atoms with Gasteiger partial charge in [0.15, 0.2) is 11.5 Å². The van der Waals surface area contributed by atoms with Crippen LogP contribution in [0.5, 0.6) is 11.5 Å². The Balaban J connectivity index is 1.74. The molecule has 0 bridgehead atoms. The number of benzene rings is 2. The lowest BCUT2D eigenvalue weighted by Crippen LogP contribution is -2.15. The summed E-state index contributed by atoms with van der Waals surface area (Å²) in [6.07, 6.45) is 2.58. The van der Waals surface area contributed by atoms with E-state index >= 15 is 0 Å². The summed E-state index contributed by atoms with van der Waals surface area (Å²) >= 11 is 3.65. The zero-order chi connectivity index (χ0) is 16.9. The lowest BCUT2D eigenvalue weighted by atomic mass is 10.1. The standard InChI is InChI=1S/C20H24BrNO2/c1-3-23-19-11-16(12-22-17-7-8-17)10-18(21)20(19)24-13-15-6-4-5-14(2)9-15/h4-6,9-11,17,22H,3,7-8,12-13H2,1-2H3. The van der Waals surface area contributed by atoms with Crippen molar-refractivity contribution in [1.82, 2.24) is 5.32 Å². The molecule has 1 N–H and O–H groups in total. The molecule has 0 amide bonds. The zero-order valence-corrected chi connectivity index (χ0v) is 15.9. The topological polar surface area (TPSA) is 30.5 Å². The van der Waals surface area contributed by atoms with Crippen LogP contribution in [0.3, 0.4) is 0 Å². The molecule has 0 aliphatic heterocycles. The van der Waals surface area contributed by atoms with Crippen molar-refractivity contribution in [2.45, 2.75) is 45.9 Å². The van der Waals surface area contributed by atoms with Gasteiger partial charge in [-0.05, 0) is 65.9 Å². The predicted octanol–water partition coefficient (Wildman–Crippen LogP) is 4.99. The van der Waals surface area contributed by atoms with E-state index in [4.69, 9.17) is 9.47 Å². The second-order valence-corrected chi connectivity index (χ2v) is 7.13. The average Bonchev–Trinajstić information content (AvgIpc) is 3.37. The van der Waals surface area contributed by atoms with Gasteiger partial charge in [0.2, 0.25) is 0 Å². The molecule has 0 aromatic heterocycles. The maximum Gasteiger partial charge on any atom is 0.175 e. The summed E-state index contributed by atoms with van der Waals surface area (Å²) in [6, 6.07) is 13.2. The van der Waals surface area contributed by atoms with Gasteiger partial charge in [0.1, 0.15) is 6.61 Å². The van der Waals surface area contributed by atoms with Crippen LogP contribution in [-0.2, 0) is 13.2 Å². The van der Waals surface area contributed by atoms with E-state index in [1.807, 2.05) is 6.92 Å². The Morgan fingerprint density at radius 2 is 1.96 bits per heavy atom. The first-order valence-electron chi connectivity index (χ1n) is 8.52. The summed E-state index contributed by atoms with van der Waals surface area (Å²) in [5.41, 5.74) is 3.60. The average molecular weight is 390 g/mol. The van der Waals surface area contributed by atoms with Crippen LogP contribution in [0.2, 0.25) is 0 Å². The summed E-state index contributed by atoms with van der Waals surface area (Å²) in [7, 11) is 0. The van der Waals surface area contributed by atoms with Gasteiger partial charge in [0.25, 0.3) is 0 Å². The van der Waals surface area contributed by atoms with Crippen molar-refractivity contribution >= 4 is 15.9 Å². The number of ether oxygens (including phenoxy) is 2. The highest BCUT2D eigenvalue weighted by Gasteiger charge is 2.20. The Morgan fingerprint density at radius 1 is 1.12 bits per heavy atom. The van der Waals surface area contributed by atoms with Gasteiger partial charge < -0.3 is 14.8 Å². The minimum atomic E-state index is 0.528. The molecule has 0 atom stereocenters. The largest absolute Gasteiger partial charge is 0.490 e. The normalized spacial score (nSPS) is 13.8. The predicted molar refractivity (Wildman–Crippen MR) is 101 cm³/mol. The fourth-order valence-electron chi connectivity index (χ4n) is 2.63. The van der Waals surface area contributed by atoms with Crippen molar-refractivity contribution in [2.24, 2.45) is 0 Å². The zero-order valence-electron chi connectivity index (χ0n) is 14.3. The summed E-state index contributed by atoms with van der Waals surface area (Å²) in [6.45, 7) is 6.09. The third kappa shape index (κ3) is 4.74. The molecule has 1 fully saturated rings. The molecule has 3 rings (SSSR count). The highest BCUT2D eigenvalue weighted by atomic mass is 79.9. The van der Waals surface area contributed by atoms with Gasteiger partial charge in [0, 0.05) is 12.6 Å². The third-order valence-electron chi connectivity index (χ3n) is 4.01. The molecule has 2 aromatic carbocycles. The number of aryl methyl sites for hydroxylation is 1. The molecule has 2 aromatic rings. The summed E-state index contributed by atoms with van der Waals surface area (Å²) < 4.78 is 12.8. The van der Waals surface area contributed by atoms with Crippen LogP contribution in [-0.4, -0.2) is 12.6 Å². The first kappa shape index (κ1) is 17.3. The molecular weight excluding hydrogens is 366 g/mol. The fraction of sp³-hybridized carbons (Fsp3) is 0.400. The maximum absolute atomic E-state index is 6.06. The SMILES string of the molecule is CCOc1cc(CNC2CC2)cc(Br)c1OCc1cccc(C)c1. The lowest BCUT2D eigenvalue weighted by molar-refractivity contribution is 0.267. The molecular formula is C20H24BrNO2. The molecule has 1 aliphatic rings. The minimum Gasteiger partial charge on any atom is -0.490 e. The van der Waals surface area contributed by atoms with Gasteiger partial charge in [-0.2, -0.15) is 0 Å². The van der Waals surface area contributed by atoms with Gasteiger partial charge in [-0.3, -0.25) is 0 Å². The van der Waals surface area contributed by atoms with Crippen LogP contribution < -0.4 is 14.8 Å². The van der Waals surface area contributed by atoms with Crippen LogP contribution >= 0.6 is 15.9 Å². The molecule has 1 saturated carbocycles. The van der Waals surface area contributed by atoms with Crippen LogP contribution in [0.4, 0.5) is 0 Å². The highest BCUT2D eigenvalue weighted by molar-refractivity contribution is 9.10. The summed E-state index contributed by atoms with van der Waals surface area (Å²) in [5, 5.41) is 3.54. The Morgan fingerprint density at radius 3 is 2.67 bits per heavy atom. The number of hydrogen-bond donors (Lipinski definition) is 1. The van der Waals surface area contributed by atoms with E-state index in [0.29, 0.717) is 19.3 Å². The van der Waals surface area contributed by atoms with E-state index in [1.54, 1.807) is 0 Å². The van der Waals surface area contributed by atoms with E-state index in [-0.39, 0.29) is 0 Å². The van der Waals surface area contributed by atoms with Gasteiger partial charge in [-0.25, -0.2) is 0 Å². The van der Waals surface area contributed by atoms with Gasteiger partial charge >= 0.3 is 0 Å². The molecule has 128 valence electrons. The number of hydrogen-bond acceptors (Lipinski definition) is 3. The second-order valence-electron chi connectivity index (χ2n) is 6.27. The fourth-order valence-corrected chi connectivity index (χ4v) is 3.24. The van der Waals surface area contributed by atoms with Gasteiger partial charge in [-0.1, -0.05) is 29.8 Å². The lowest BCUT2D eigenvalue weighted by Gasteiger charge is -2.16. The third-order valence-corrected chi connectivity index (χ3v) is 4.60. The Labute approximate surface area is 152 Å². The second kappa shape index (κ2) is 8.04. The molecule has 0 spiro atoms. The van der Waals surface area contributed by atoms with Crippen LogP contribution in [0.25, 0.3) is 0 Å². The first-order valence-corrected chi connectivity index (χ1v) is 9.32. The van der Waals surface area contributed by atoms with Crippen molar-refractivity contribution in [1.29, 1.82) is 0 Å². The summed E-state index contributed by atoms with van der Waals surface area (Å²) in [4.78, 5) is 0. The van der Waals surface area contributed by atoms with Crippen molar-refractivity contribution in [2.75, 3.05) is 6.61 Å². The van der Waals surface area contributed by atoms with E-state index in [2.05, 4.69) is 64.6 Å². The van der Waals surface area contributed by atoms with Crippen LogP contribution in [0, 0.1) is 6.92 Å². The first-order chi connectivity index (χ1) is 11.7. The van der Waals surface area contributed by atoms with E-state index in [9.17, 15) is 0 Å². The van der Waals surface area contributed by atoms with Gasteiger partial charge in [-0.15, -0.1) is 0 Å². The number of rotatable bonds is 8. The van der Waals surface area contributed by atoms with E-state index in [1.165, 1.54) is 24.0 Å². The molecule has 0 radical (unpaired) electrons. The van der Waals surface area contributed by atoms with E-state index in [0.717, 1.165) is 28.1 Å². The Hall–Kier alpha value is -1.52. The van der Waals surface area contributed by atoms with Gasteiger partial charge in [0.05, 0.1) is 11.1 Å². The van der Waals surface area contributed by atoms with E-state index < -0.39 is 0 Å². The molecule has 0 heterocycles. The van der Waals surface area contributed by atoms with Crippen molar-refractivity contribution < 1.29 is 9.47 Å². The quantitative estimate of drug-likeness (QED) is 0.689. The monoisotopic (exact) mass is 389 g/mol. The molecule has 1 aliphatic carbocycles. The molecule has 4 heteroatoms. The summed E-state index contributed by atoms with van der Waals surface area (Å²) in [5.74, 6) is 1.57. The molecule has 3 nitrogen and oxygen atoms in total. The molecule has 24 heavy (non-hydrogen) atoms. The van der Waals surface area contributed by atoms with Crippen molar-refractivity contribution in [3.05, 3.63) is 57.6 Å². The maximum atomic E-state index is 6.06. The minimum absolute atomic E-state index is 0.528.